The molecule has 1 aliphatic rings. The normalized spacial score (nSPS) is 22.5. The lowest BCUT2D eigenvalue weighted by Crippen LogP contribution is -2.29. The zero-order valence-corrected chi connectivity index (χ0v) is 19.1. The van der Waals surface area contributed by atoms with E-state index in [0.29, 0.717) is 11.8 Å². The molecule has 1 aromatic rings. The van der Waals surface area contributed by atoms with Crippen molar-refractivity contribution in [1.29, 1.82) is 0 Å². The molecule has 1 saturated heterocycles. The molecule has 0 aromatic heterocycles. The number of benzene rings is 1. The summed E-state index contributed by atoms with van der Waals surface area (Å²) in [6.45, 7) is 21.3. The predicted octanol–water partition coefficient (Wildman–Crippen LogP) is 7.70. The maximum absolute atomic E-state index is 6.41. The van der Waals surface area contributed by atoms with Gasteiger partial charge in [0.1, 0.15) is 0 Å². The van der Waals surface area contributed by atoms with Gasteiger partial charge in [-0.3, -0.25) is 0 Å². The molecule has 150 valence electrons. The quantitative estimate of drug-likeness (QED) is 0.495. The lowest BCUT2D eigenvalue weighted by atomic mass is 9.75. The van der Waals surface area contributed by atoms with E-state index < -0.39 is 0 Å². The summed E-state index contributed by atoms with van der Waals surface area (Å²) in [5.41, 5.74) is 8.56. The van der Waals surface area contributed by atoms with E-state index in [1.807, 2.05) is 0 Å². The van der Waals surface area contributed by atoms with Crippen LogP contribution >= 0.6 is 0 Å². The number of allylic oxidation sites excluding steroid dienone is 4. The molecular formula is C26H40O. The first-order chi connectivity index (χ1) is 12.5. The number of aryl methyl sites for hydroxylation is 1. The minimum absolute atomic E-state index is 0.161. The van der Waals surface area contributed by atoms with Gasteiger partial charge in [-0.05, 0) is 81.4 Å². The lowest BCUT2D eigenvalue weighted by molar-refractivity contribution is -0.0418. The Kier molecular flexibility index (Phi) is 7.14. The monoisotopic (exact) mass is 368 g/mol. The highest BCUT2D eigenvalue weighted by molar-refractivity contribution is 5.37. The number of hydrogen-bond donors (Lipinski definition) is 0. The third-order valence-electron chi connectivity index (χ3n) is 6.41. The van der Waals surface area contributed by atoms with Gasteiger partial charge < -0.3 is 4.74 Å². The summed E-state index contributed by atoms with van der Waals surface area (Å²) < 4.78 is 6.41. The van der Waals surface area contributed by atoms with Crippen molar-refractivity contribution in [3.8, 4) is 0 Å². The fourth-order valence-corrected chi connectivity index (χ4v) is 4.01. The molecule has 1 aliphatic heterocycles. The van der Waals surface area contributed by atoms with E-state index >= 15 is 0 Å². The second-order valence-electron chi connectivity index (χ2n) is 9.78. The van der Waals surface area contributed by atoms with Gasteiger partial charge in [0.15, 0.2) is 0 Å². The van der Waals surface area contributed by atoms with Crippen LogP contribution in [-0.4, -0.2) is 6.61 Å². The third kappa shape index (κ3) is 5.35. The van der Waals surface area contributed by atoms with Crippen molar-refractivity contribution in [3.63, 3.8) is 0 Å². The Balaban J connectivity index is 2.39. The molecule has 0 aliphatic carbocycles. The van der Waals surface area contributed by atoms with Gasteiger partial charge in [-0.1, -0.05) is 68.7 Å². The van der Waals surface area contributed by atoms with Crippen LogP contribution in [0.2, 0.25) is 0 Å². The van der Waals surface area contributed by atoms with Gasteiger partial charge >= 0.3 is 0 Å². The van der Waals surface area contributed by atoms with E-state index in [-0.39, 0.29) is 11.5 Å². The van der Waals surface area contributed by atoms with Crippen LogP contribution in [0.25, 0.3) is 0 Å². The first-order valence-electron chi connectivity index (χ1n) is 10.6. The van der Waals surface area contributed by atoms with E-state index in [4.69, 9.17) is 4.74 Å². The second kappa shape index (κ2) is 8.78. The Morgan fingerprint density at radius 3 is 2.41 bits per heavy atom. The van der Waals surface area contributed by atoms with E-state index in [2.05, 4.69) is 86.6 Å². The summed E-state index contributed by atoms with van der Waals surface area (Å²) in [5.74, 6) is 1.05. The summed E-state index contributed by atoms with van der Waals surface area (Å²) >= 11 is 0. The Bertz CT molecular complexity index is 710. The van der Waals surface area contributed by atoms with Gasteiger partial charge in [0.25, 0.3) is 0 Å². The van der Waals surface area contributed by atoms with Gasteiger partial charge in [-0.15, -0.1) is 0 Å². The first-order valence-corrected chi connectivity index (χ1v) is 10.6. The van der Waals surface area contributed by atoms with Crippen LogP contribution in [0.3, 0.4) is 0 Å². The maximum Gasteiger partial charge on any atom is 0.0861 e. The third-order valence-corrected chi connectivity index (χ3v) is 6.41. The molecular weight excluding hydrogens is 328 g/mol. The molecule has 2 rings (SSSR count). The van der Waals surface area contributed by atoms with Crippen LogP contribution in [0.15, 0.2) is 41.0 Å². The molecule has 0 saturated carbocycles. The fourth-order valence-electron chi connectivity index (χ4n) is 4.01. The Morgan fingerprint density at radius 1 is 1.15 bits per heavy atom. The van der Waals surface area contributed by atoms with E-state index in [1.165, 1.54) is 46.3 Å². The summed E-state index contributed by atoms with van der Waals surface area (Å²) in [4.78, 5) is 0. The lowest BCUT2D eigenvalue weighted by Gasteiger charge is -2.38. The Labute approximate surface area is 167 Å². The average molecular weight is 369 g/mol. The van der Waals surface area contributed by atoms with Gasteiger partial charge in [0.2, 0.25) is 0 Å². The average Bonchev–Trinajstić information content (AvgIpc) is 2.60. The van der Waals surface area contributed by atoms with Gasteiger partial charge in [0.05, 0.1) is 6.10 Å². The van der Waals surface area contributed by atoms with Gasteiger partial charge in [-0.2, -0.15) is 0 Å². The van der Waals surface area contributed by atoms with Crippen LogP contribution < -0.4 is 0 Å². The van der Waals surface area contributed by atoms with Crippen LogP contribution in [0.1, 0.15) is 91.0 Å². The van der Waals surface area contributed by atoms with Gasteiger partial charge in [0, 0.05) is 6.61 Å². The van der Waals surface area contributed by atoms with Crippen molar-refractivity contribution >= 4 is 0 Å². The summed E-state index contributed by atoms with van der Waals surface area (Å²) in [6, 6.07) is 6.97. The molecule has 0 N–H and O–H groups in total. The molecule has 0 amide bonds. The van der Waals surface area contributed by atoms with Crippen molar-refractivity contribution in [3.05, 3.63) is 57.7 Å². The zero-order chi connectivity index (χ0) is 20.4. The first kappa shape index (κ1) is 22.0. The molecule has 27 heavy (non-hydrogen) atoms. The molecule has 1 heteroatoms. The summed E-state index contributed by atoms with van der Waals surface area (Å²) in [5, 5.41) is 0. The standard InChI is InChI=1S/C26H40O/c1-17(2)19(4)15-20(5)21(6)23-11-10-14-27-25(23)24-16-22(26(7,8)9)13-12-18(24)3/h12-13,15-16,21,23,25H,10-11,14H2,1-9H3/b20-15+/t21-,23-,25-/m0/s1. The minimum Gasteiger partial charge on any atom is -0.373 e. The highest BCUT2D eigenvalue weighted by atomic mass is 16.5. The minimum atomic E-state index is 0.161. The van der Waals surface area contributed by atoms with Crippen molar-refractivity contribution in [2.45, 2.75) is 86.7 Å². The van der Waals surface area contributed by atoms with Crippen LogP contribution in [-0.2, 0) is 10.2 Å². The van der Waals surface area contributed by atoms with Crippen LogP contribution in [0.4, 0.5) is 0 Å². The molecule has 0 spiro atoms. The second-order valence-corrected chi connectivity index (χ2v) is 9.78. The molecule has 0 radical (unpaired) electrons. The summed E-state index contributed by atoms with van der Waals surface area (Å²) in [6.07, 6.45) is 4.98. The zero-order valence-electron chi connectivity index (χ0n) is 19.1. The number of rotatable bonds is 4. The number of hydrogen-bond acceptors (Lipinski definition) is 1. The van der Waals surface area contributed by atoms with Gasteiger partial charge in [-0.25, -0.2) is 0 Å². The van der Waals surface area contributed by atoms with E-state index in [9.17, 15) is 0 Å². The fraction of sp³-hybridized carbons (Fsp3) is 0.615. The van der Waals surface area contributed by atoms with E-state index in [0.717, 1.165) is 6.61 Å². The van der Waals surface area contributed by atoms with Crippen molar-refractivity contribution < 1.29 is 4.74 Å². The number of ether oxygens (including phenoxy) is 1. The smallest absolute Gasteiger partial charge is 0.0861 e. The highest BCUT2D eigenvalue weighted by Crippen LogP contribution is 2.42. The molecule has 1 aromatic carbocycles. The largest absolute Gasteiger partial charge is 0.373 e. The Hall–Kier alpha value is -1.34. The molecule has 1 heterocycles. The highest BCUT2D eigenvalue weighted by Gasteiger charge is 2.33. The topological polar surface area (TPSA) is 9.23 Å². The van der Waals surface area contributed by atoms with Crippen LogP contribution in [0, 0.1) is 18.8 Å². The maximum atomic E-state index is 6.41. The molecule has 3 atom stereocenters. The van der Waals surface area contributed by atoms with Crippen molar-refractivity contribution in [1.82, 2.24) is 0 Å². The van der Waals surface area contributed by atoms with Crippen molar-refractivity contribution in [2.75, 3.05) is 6.61 Å². The molecule has 1 fully saturated rings. The SMILES string of the molecule is CC(C)=C(C)/C=C(\C)[C@H](C)[C@@H]1CCCO[C@@H]1c1cc(C(C)(C)C)ccc1C. The summed E-state index contributed by atoms with van der Waals surface area (Å²) in [7, 11) is 0. The Morgan fingerprint density at radius 2 is 1.81 bits per heavy atom. The molecule has 0 unspecified atom stereocenters. The van der Waals surface area contributed by atoms with Crippen molar-refractivity contribution in [2.24, 2.45) is 11.8 Å². The molecule has 1 nitrogen and oxygen atoms in total. The molecule has 0 bridgehead atoms. The van der Waals surface area contributed by atoms with Crippen LogP contribution in [0.5, 0.6) is 0 Å². The van der Waals surface area contributed by atoms with E-state index in [1.54, 1.807) is 0 Å². The predicted molar refractivity (Wildman–Crippen MR) is 118 cm³/mol.